The quantitative estimate of drug-likeness (QED) is 0.722. The first-order valence-corrected chi connectivity index (χ1v) is 8.57. The Balaban J connectivity index is 1.93. The Labute approximate surface area is 160 Å². The fourth-order valence-corrected chi connectivity index (χ4v) is 3.12. The molecular weight excluding hydrogens is 371 g/mol. The van der Waals surface area contributed by atoms with Crippen molar-refractivity contribution >= 4 is 22.8 Å². The second-order valence-corrected chi connectivity index (χ2v) is 6.66. The first-order chi connectivity index (χ1) is 13.2. The Bertz CT molecular complexity index is 1030. The van der Waals surface area contributed by atoms with Gasteiger partial charge in [-0.3, -0.25) is 4.79 Å². The van der Waals surface area contributed by atoms with Crippen LogP contribution in [-0.2, 0) is 7.05 Å². The number of hydrogen-bond donors (Lipinski definition) is 1. The Morgan fingerprint density at radius 1 is 1.21 bits per heavy atom. The van der Waals surface area contributed by atoms with E-state index in [0.29, 0.717) is 22.5 Å². The smallest absolute Gasteiger partial charge is 0.268 e. The minimum absolute atomic E-state index is 0.00122. The number of carbonyl (C=O) groups excluding carboxylic acids is 1. The molecule has 0 unspecified atom stereocenters. The maximum atomic E-state index is 14.4. The average molecular weight is 391 g/mol. The molecule has 2 aromatic heterocycles. The van der Waals surface area contributed by atoms with Crippen LogP contribution in [0.5, 0.6) is 0 Å². The van der Waals surface area contributed by atoms with E-state index < -0.39 is 29.8 Å². The van der Waals surface area contributed by atoms with Crippen molar-refractivity contribution in [3.8, 4) is 0 Å². The molecule has 0 bridgehead atoms. The summed E-state index contributed by atoms with van der Waals surface area (Å²) in [6, 6.07) is 4.60. The van der Waals surface area contributed by atoms with Crippen molar-refractivity contribution in [2.75, 3.05) is 19.0 Å². The van der Waals surface area contributed by atoms with E-state index in [0.717, 1.165) is 6.07 Å². The van der Waals surface area contributed by atoms with Gasteiger partial charge in [0.1, 0.15) is 29.3 Å². The number of halogens is 3. The average Bonchev–Trinajstić information content (AvgIpc) is 2.98. The van der Waals surface area contributed by atoms with Gasteiger partial charge in [0.25, 0.3) is 12.3 Å². The van der Waals surface area contributed by atoms with E-state index in [-0.39, 0.29) is 5.56 Å². The lowest BCUT2D eigenvalue weighted by Gasteiger charge is -2.17. The Morgan fingerprint density at radius 3 is 2.54 bits per heavy atom. The normalized spacial score (nSPS) is 12.4. The summed E-state index contributed by atoms with van der Waals surface area (Å²) in [6.07, 6.45) is -1.52. The summed E-state index contributed by atoms with van der Waals surface area (Å²) in [4.78, 5) is 23.0. The highest BCUT2D eigenvalue weighted by atomic mass is 19.3. The minimum atomic E-state index is -2.93. The van der Waals surface area contributed by atoms with Crippen molar-refractivity contribution in [2.45, 2.75) is 19.4 Å². The summed E-state index contributed by atoms with van der Waals surface area (Å²) >= 11 is 0. The number of rotatable bonds is 5. The first-order valence-electron chi connectivity index (χ1n) is 8.57. The number of aromatic nitrogens is 3. The number of alkyl halides is 2. The van der Waals surface area contributed by atoms with Gasteiger partial charge in [-0.15, -0.1) is 0 Å². The first kappa shape index (κ1) is 19.7. The largest absolute Gasteiger partial charge is 0.362 e. The molecule has 3 aromatic rings. The molecule has 0 aliphatic rings. The number of nitrogens with one attached hydrogen (secondary N) is 1. The minimum Gasteiger partial charge on any atom is -0.362 e. The molecule has 0 aliphatic carbocycles. The fraction of sp³-hybridized carbons (Fsp3) is 0.316. The monoisotopic (exact) mass is 391 g/mol. The second kappa shape index (κ2) is 7.49. The number of fused-ring (bicyclic) bond motifs is 1. The van der Waals surface area contributed by atoms with Crippen molar-refractivity contribution in [3.05, 3.63) is 53.2 Å². The fourth-order valence-electron chi connectivity index (χ4n) is 3.12. The lowest BCUT2D eigenvalue weighted by Crippen LogP contribution is -2.29. The molecule has 0 spiro atoms. The molecule has 3 rings (SSSR count). The van der Waals surface area contributed by atoms with E-state index >= 15 is 0 Å². The van der Waals surface area contributed by atoms with E-state index in [1.54, 1.807) is 29.5 Å². The van der Waals surface area contributed by atoms with Crippen LogP contribution in [0, 0.1) is 5.82 Å². The van der Waals surface area contributed by atoms with Gasteiger partial charge in [-0.2, -0.15) is 0 Å². The maximum Gasteiger partial charge on any atom is 0.268 e. The molecule has 0 radical (unpaired) electrons. The highest BCUT2D eigenvalue weighted by Gasteiger charge is 2.23. The van der Waals surface area contributed by atoms with Gasteiger partial charge in [0.05, 0.1) is 17.0 Å². The van der Waals surface area contributed by atoms with Crippen LogP contribution in [0.4, 0.5) is 19.0 Å². The molecule has 1 aromatic carbocycles. The van der Waals surface area contributed by atoms with Crippen LogP contribution in [0.15, 0.2) is 30.6 Å². The molecule has 148 valence electrons. The Kier molecular flexibility index (Phi) is 5.26. The van der Waals surface area contributed by atoms with Crippen LogP contribution < -0.4 is 10.2 Å². The van der Waals surface area contributed by atoms with E-state index in [1.165, 1.54) is 18.5 Å². The third-order valence-corrected chi connectivity index (χ3v) is 4.57. The molecule has 2 heterocycles. The Morgan fingerprint density at radius 2 is 1.89 bits per heavy atom. The summed E-state index contributed by atoms with van der Waals surface area (Å²) in [5.41, 5.74) is 0.186. The van der Waals surface area contributed by atoms with Gasteiger partial charge in [0, 0.05) is 26.7 Å². The third kappa shape index (κ3) is 3.39. The highest BCUT2D eigenvalue weighted by Crippen LogP contribution is 2.28. The SMILES string of the molecule is C[C@@H](NC(=O)c1cc2c(N(C)C)ncnc2n1C)c1cccc(C(F)F)c1F. The number of amides is 1. The number of benzene rings is 1. The Hall–Kier alpha value is -3.10. The van der Waals surface area contributed by atoms with Crippen LogP contribution in [0.3, 0.4) is 0 Å². The zero-order chi connectivity index (χ0) is 20.6. The van der Waals surface area contributed by atoms with Crippen molar-refractivity contribution in [1.82, 2.24) is 19.9 Å². The summed E-state index contributed by atoms with van der Waals surface area (Å²) in [5, 5.41) is 3.36. The van der Waals surface area contributed by atoms with E-state index in [9.17, 15) is 18.0 Å². The molecule has 6 nitrogen and oxygen atoms in total. The molecule has 1 N–H and O–H groups in total. The molecule has 28 heavy (non-hydrogen) atoms. The van der Waals surface area contributed by atoms with Crippen LogP contribution >= 0.6 is 0 Å². The lowest BCUT2D eigenvalue weighted by atomic mass is 10.0. The van der Waals surface area contributed by atoms with Crippen molar-refractivity contribution < 1.29 is 18.0 Å². The van der Waals surface area contributed by atoms with Gasteiger partial charge >= 0.3 is 0 Å². The number of anilines is 1. The summed E-state index contributed by atoms with van der Waals surface area (Å²) in [6.45, 7) is 1.54. The van der Waals surface area contributed by atoms with Gasteiger partial charge < -0.3 is 14.8 Å². The second-order valence-electron chi connectivity index (χ2n) is 6.66. The van der Waals surface area contributed by atoms with Gasteiger partial charge in [0.15, 0.2) is 0 Å². The standard InChI is InChI=1S/C19H20F3N5O/c1-10(11-6-5-7-12(15(11)20)16(21)22)25-19(28)14-8-13-17(26(2)3)23-9-24-18(13)27(14)4/h5-10,16H,1-4H3,(H,25,28)/t10-/m1/s1. The van der Waals surface area contributed by atoms with Crippen molar-refractivity contribution in [2.24, 2.45) is 7.05 Å². The van der Waals surface area contributed by atoms with Gasteiger partial charge in [-0.1, -0.05) is 18.2 Å². The summed E-state index contributed by atoms with van der Waals surface area (Å²) < 4.78 is 41.8. The maximum absolute atomic E-state index is 14.4. The predicted octanol–water partition coefficient (Wildman–Crippen LogP) is 3.60. The van der Waals surface area contributed by atoms with Gasteiger partial charge in [-0.05, 0) is 13.0 Å². The number of hydrogen-bond acceptors (Lipinski definition) is 4. The zero-order valence-electron chi connectivity index (χ0n) is 15.9. The predicted molar refractivity (Wildman–Crippen MR) is 100 cm³/mol. The number of aryl methyl sites for hydroxylation is 1. The number of carbonyl (C=O) groups is 1. The van der Waals surface area contributed by atoms with Gasteiger partial charge in [-0.25, -0.2) is 23.1 Å². The van der Waals surface area contributed by atoms with E-state index in [1.807, 2.05) is 14.1 Å². The third-order valence-electron chi connectivity index (χ3n) is 4.57. The molecule has 0 saturated heterocycles. The van der Waals surface area contributed by atoms with Crippen LogP contribution in [0.1, 0.15) is 41.0 Å². The van der Waals surface area contributed by atoms with Gasteiger partial charge in [0.2, 0.25) is 0 Å². The van der Waals surface area contributed by atoms with Crippen molar-refractivity contribution in [1.29, 1.82) is 0 Å². The van der Waals surface area contributed by atoms with Crippen LogP contribution in [-0.4, -0.2) is 34.5 Å². The lowest BCUT2D eigenvalue weighted by molar-refractivity contribution is 0.0931. The molecule has 1 amide bonds. The molecule has 0 aliphatic heterocycles. The molecular formula is C19H20F3N5O. The zero-order valence-corrected chi connectivity index (χ0v) is 15.9. The summed E-state index contributed by atoms with van der Waals surface area (Å²) in [5.74, 6) is -0.828. The van der Waals surface area contributed by atoms with E-state index in [4.69, 9.17) is 0 Å². The number of nitrogens with zero attached hydrogens (tertiary/aromatic N) is 4. The molecule has 0 saturated carbocycles. The highest BCUT2D eigenvalue weighted by molar-refractivity contribution is 6.00. The van der Waals surface area contributed by atoms with E-state index in [2.05, 4.69) is 15.3 Å². The molecule has 9 heteroatoms. The van der Waals surface area contributed by atoms with Crippen molar-refractivity contribution in [3.63, 3.8) is 0 Å². The molecule has 1 atom stereocenters. The molecule has 0 fully saturated rings. The summed E-state index contributed by atoms with van der Waals surface area (Å²) in [7, 11) is 5.34. The van der Waals surface area contributed by atoms with Crippen LogP contribution in [0.25, 0.3) is 11.0 Å². The van der Waals surface area contributed by atoms with Crippen LogP contribution in [0.2, 0.25) is 0 Å². The topological polar surface area (TPSA) is 63.1 Å².